The average Bonchev–Trinajstić information content (AvgIpc) is 2.78. The number of hydrogen-bond donors (Lipinski definition) is 1. The molecule has 3 nitrogen and oxygen atoms in total. The fourth-order valence-corrected chi connectivity index (χ4v) is 2.80. The van der Waals surface area contributed by atoms with E-state index in [-0.39, 0.29) is 11.3 Å². The molecule has 1 amide bonds. The molecule has 1 unspecified atom stereocenters. The maximum atomic E-state index is 13.8. The summed E-state index contributed by atoms with van der Waals surface area (Å²) >= 11 is 0. The molecule has 1 N–H and O–H groups in total. The Hall–Kier alpha value is -3.55. The van der Waals surface area contributed by atoms with Crippen LogP contribution in [0.1, 0.15) is 34.3 Å². The fraction of sp³-hybridized carbons (Fsp3) is 0.0909. The molecule has 0 spiro atoms. The number of anilines is 1. The van der Waals surface area contributed by atoms with Crippen LogP contribution in [0, 0.1) is 29.1 Å². The Kier molecular flexibility index (Phi) is 5.96. The molecular weight excluding hydrogens is 405 g/mol. The average molecular weight is 419 g/mol. The van der Waals surface area contributed by atoms with Gasteiger partial charge in [0, 0.05) is 11.1 Å². The first-order valence-corrected chi connectivity index (χ1v) is 8.74. The summed E-state index contributed by atoms with van der Waals surface area (Å²) < 4.78 is 67.4. The van der Waals surface area contributed by atoms with Crippen molar-refractivity contribution < 1.29 is 31.5 Å². The number of amides is 1. The van der Waals surface area contributed by atoms with Crippen molar-refractivity contribution in [3.63, 3.8) is 0 Å². The molecule has 0 aliphatic carbocycles. The Bertz CT molecular complexity index is 1100. The van der Waals surface area contributed by atoms with E-state index >= 15 is 0 Å². The van der Waals surface area contributed by atoms with Crippen molar-refractivity contribution in [1.29, 1.82) is 0 Å². The zero-order valence-electron chi connectivity index (χ0n) is 15.5. The fourth-order valence-electron chi connectivity index (χ4n) is 2.80. The van der Waals surface area contributed by atoms with E-state index in [0.717, 1.165) is 0 Å². The van der Waals surface area contributed by atoms with E-state index in [2.05, 4.69) is 0 Å². The minimum absolute atomic E-state index is 0.273. The zero-order valence-corrected chi connectivity index (χ0v) is 15.5. The van der Waals surface area contributed by atoms with Gasteiger partial charge in [-0.15, -0.1) is 0 Å². The highest BCUT2D eigenvalue weighted by atomic mass is 19.2. The highest BCUT2D eigenvalue weighted by molar-refractivity contribution is 6.09. The Balaban J connectivity index is 1.87. The van der Waals surface area contributed by atoms with Gasteiger partial charge in [0.2, 0.25) is 11.7 Å². The molecule has 0 radical (unpaired) electrons. The molecule has 3 aromatic rings. The number of hydrogen-bond acceptors (Lipinski definition) is 2. The van der Waals surface area contributed by atoms with Gasteiger partial charge >= 0.3 is 0 Å². The van der Waals surface area contributed by atoms with Crippen molar-refractivity contribution in [3.05, 3.63) is 100 Å². The van der Waals surface area contributed by atoms with Crippen LogP contribution in [0.25, 0.3) is 0 Å². The maximum absolute atomic E-state index is 13.8. The summed E-state index contributed by atoms with van der Waals surface area (Å²) in [6.45, 7) is 1.37. The van der Waals surface area contributed by atoms with E-state index in [9.17, 15) is 31.5 Å². The SMILES string of the molecule is CC(C(=O)Nc1c(F)c(F)c(F)c(F)c1F)c1cccc(C(=O)c2ccccc2)c1. The molecule has 0 fully saturated rings. The van der Waals surface area contributed by atoms with Crippen LogP contribution in [0.2, 0.25) is 0 Å². The van der Waals surface area contributed by atoms with Gasteiger partial charge in [-0.3, -0.25) is 9.59 Å². The number of ketones is 1. The second-order valence-electron chi connectivity index (χ2n) is 6.48. The smallest absolute Gasteiger partial charge is 0.231 e. The van der Waals surface area contributed by atoms with Gasteiger partial charge in [-0.1, -0.05) is 48.5 Å². The molecule has 0 aliphatic rings. The molecule has 3 aromatic carbocycles. The van der Waals surface area contributed by atoms with Crippen LogP contribution in [0.3, 0.4) is 0 Å². The quantitative estimate of drug-likeness (QED) is 0.262. The molecule has 3 rings (SSSR count). The maximum Gasteiger partial charge on any atom is 0.231 e. The Morgan fingerprint density at radius 3 is 1.87 bits per heavy atom. The summed E-state index contributed by atoms with van der Waals surface area (Å²) in [5.74, 6) is -13.3. The highest BCUT2D eigenvalue weighted by Gasteiger charge is 2.28. The third-order valence-electron chi connectivity index (χ3n) is 4.54. The summed E-state index contributed by atoms with van der Waals surface area (Å²) in [6.07, 6.45) is 0. The summed E-state index contributed by atoms with van der Waals surface area (Å²) in [6, 6.07) is 14.4. The van der Waals surface area contributed by atoms with Crippen molar-refractivity contribution in [3.8, 4) is 0 Å². The third-order valence-corrected chi connectivity index (χ3v) is 4.54. The predicted octanol–water partition coefficient (Wildman–Crippen LogP) is 5.36. The molecule has 0 saturated carbocycles. The number of rotatable bonds is 5. The third kappa shape index (κ3) is 3.94. The second kappa shape index (κ2) is 8.44. The van der Waals surface area contributed by atoms with E-state index in [4.69, 9.17) is 0 Å². The molecule has 1 atom stereocenters. The van der Waals surface area contributed by atoms with Crippen molar-refractivity contribution in [2.45, 2.75) is 12.8 Å². The Labute approximate surface area is 168 Å². The lowest BCUT2D eigenvalue weighted by Gasteiger charge is -2.15. The zero-order chi connectivity index (χ0) is 22.0. The molecule has 0 aromatic heterocycles. The number of carbonyl (C=O) groups is 2. The first-order chi connectivity index (χ1) is 14.2. The van der Waals surface area contributed by atoms with E-state index < -0.39 is 46.6 Å². The van der Waals surface area contributed by atoms with Crippen LogP contribution in [0.4, 0.5) is 27.6 Å². The second-order valence-corrected chi connectivity index (χ2v) is 6.48. The minimum Gasteiger partial charge on any atom is -0.320 e. The van der Waals surface area contributed by atoms with Gasteiger partial charge in [0.1, 0.15) is 5.69 Å². The van der Waals surface area contributed by atoms with Gasteiger partial charge in [0.25, 0.3) is 0 Å². The lowest BCUT2D eigenvalue weighted by molar-refractivity contribution is -0.117. The van der Waals surface area contributed by atoms with Gasteiger partial charge in [0.05, 0.1) is 5.92 Å². The van der Waals surface area contributed by atoms with Gasteiger partial charge in [-0.05, 0) is 18.6 Å². The summed E-state index contributed by atoms with van der Waals surface area (Å²) in [5.41, 5.74) is -0.416. The summed E-state index contributed by atoms with van der Waals surface area (Å²) in [4.78, 5) is 25.0. The van der Waals surface area contributed by atoms with Crippen LogP contribution in [0.15, 0.2) is 54.6 Å². The van der Waals surface area contributed by atoms with Crippen molar-refractivity contribution >= 4 is 17.4 Å². The molecular formula is C22H14F5NO2. The Morgan fingerprint density at radius 2 is 1.27 bits per heavy atom. The molecule has 0 aliphatic heterocycles. The normalized spacial score (nSPS) is 11.8. The van der Waals surface area contributed by atoms with E-state index in [1.54, 1.807) is 35.6 Å². The molecule has 154 valence electrons. The molecule has 30 heavy (non-hydrogen) atoms. The summed E-state index contributed by atoms with van der Waals surface area (Å²) in [5, 5.41) is 1.75. The molecule has 0 saturated heterocycles. The molecule has 0 bridgehead atoms. The number of carbonyl (C=O) groups excluding carboxylic acids is 2. The largest absolute Gasteiger partial charge is 0.320 e. The number of nitrogens with one attached hydrogen (secondary N) is 1. The van der Waals surface area contributed by atoms with Crippen molar-refractivity contribution in [1.82, 2.24) is 0 Å². The van der Waals surface area contributed by atoms with E-state index in [0.29, 0.717) is 11.1 Å². The topological polar surface area (TPSA) is 46.2 Å². The number of benzene rings is 3. The van der Waals surface area contributed by atoms with Gasteiger partial charge < -0.3 is 5.32 Å². The number of halogens is 5. The van der Waals surface area contributed by atoms with Crippen LogP contribution in [-0.4, -0.2) is 11.7 Å². The first-order valence-electron chi connectivity index (χ1n) is 8.74. The van der Waals surface area contributed by atoms with Crippen LogP contribution >= 0.6 is 0 Å². The van der Waals surface area contributed by atoms with E-state index in [1.165, 1.54) is 31.2 Å². The van der Waals surface area contributed by atoms with E-state index in [1.807, 2.05) is 0 Å². The highest BCUT2D eigenvalue weighted by Crippen LogP contribution is 2.28. The monoisotopic (exact) mass is 419 g/mol. The molecule has 8 heteroatoms. The van der Waals surface area contributed by atoms with Crippen molar-refractivity contribution in [2.75, 3.05) is 5.32 Å². The van der Waals surface area contributed by atoms with Crippen LogP contribution < -0.4 is 5.32 Å². The summed E-state index contributed by atoms with van der Waals surface area (Å²) in [7, 11) is 0. The lowest BCUT2D eigenvalue weighted by Crippen LogP contribution is -2.22. The van der Waals surface area contributed by atoms with Gasteiger partial charge in [0.15, 0.2) is 29.1 Å². The molecule has 0 heterocycles. The van der Waals surface area contributed by atoms with Gasteiger partial charge in [-0.2, -0.15) is 0 Å². The standard InChI is InChI=1S/C22H14F5NO2/c1-11(22(30)28-20-18(26)16(24)15(23)17(25)19(20)27)13-8-5-9-14(10-13)21(29)12-6-3-2-4-7-12/h2-11H,1H3,(H,28,30). The van der Waals surface area contributed by atoms with Crippen molar-refractivity contribution in [2.24, 2.45) is 0 Å². The van der Waals surface area contributed by atoms with Crippen LogP contribution in [-0.2, 0) is 4.79 Å². The minimum atomic E-state index is -2.32. The first kappa shape index (κ1) is 21.2. The predicted molar refractivity (Wildman–Crippen MR) is 99.6 cm³/mol. The lowest BCUT2D eigenvalue weighted by atomic mass is 9.95. The Morgan fingerprint density at radius 1 is 0.733 bits per heavy atom. The van der Waals surface area contributed by atoms with Crippen LogP contribution in [0.5, 0.6) is 0 Å². The van der Waals surface area contributed by atoms with Gasteiger partial charge in [-0.25, -0.2) is 22.0 Å².